The van der Waals surface area contributed by atoms with Crippen molar-refractivity contribution in [3.05, 3.63) is 28.8 Å². The summed E-state index contributed by atoms with van der Waals surface area (Å²) in [5.74, 6) is 0.761. The van der Waals surface area contributed by atoms with Gasteiger partial charge in [0.05, 0.1) is 11.6 Å². The fourth-order valence-electron chi connectivity index (χ4n) is 3.31. The van der Waals surface area contributed by atoms with Gasteiger partial charge in [-0.1, -0.05) is 31.5 Å². The zero-order valence-electron chi connectivity index (χ0n) is 14.6. The van der Waals surface area contributed by atoms with Crippen molar-refractivity contribution in [2.75, 3.05) is 39.3 Å². The lowest BCUT2D eigenvalue weighted by atomic mass is 10.0. The second-order valence-corrected chi connectivity index (χ2v) is 6.68. The topological polar surface area (TPSA) is 41.7 Å². The van der Waals surface area contributed by atoms with E-state index in [9.17, 15) is 0 Å². The quantitative estimate of drug-likeness (QED) is 0.828. The molecule has 0 spiro atoms. The second-order valence-electron chi connectivity index (χ2n) is 6.27. The Labute approximate surface area is 145 Å². The molecule has 0 saturated carbocycles. The molecule has 1 fully saturated rings. The molecule has 1 aromatic carbocycles. The number of ether oxygens (including phenoxy) is 1. The third kappa shape index (κ3) is 4.60. The maximum Gasteiger partial charge on any atom is 0.137 e. The molecule has 4 nitrogen and oxygen atoms in total. The average molecular weight is 340 g/mol. The molecule has 1 saturated heterocycles. The highest BCUT2D eigenvalue weighted by molar-refractivity contribution is 6.32. The molecule has 2 rings (SSSR count). The number of nitrogens with two attached hydrogens (primary N) is 1. The first kappa shape index (κ1) is 18.5. The van der Waals surface area contributed by atoms with Gasteiger partial charge in [-0.05, 0) is 37.6 Å². The molecule has 0 radical (unpaired) electrons. The maximum absolute atomic E-state index is 6.39. The van der Waals surface area contributed by atoms with E-state index in [4.69, 9.17) is 22.1 Å². The van der Waals surface area contributed by atoms with Crippen LogP contribution in [-0.4, -0.2) is 55.2 Å². The van der Waals surface area contributed by atoms with Crippen molar-refractivity contribution in [3.63, 3.8) is 0 Å². The Bertz CT molecular complexity index is 497. The van der Waals surface area contributed by atoms with Crippen LogP contribution >= 0.6 is 11.6 Å². The highest BCUT2D eigenvalue weighted by Crippen LogP contribution is 2.31. The number of halogens is 1. The molecule has 23 heavy (non-hydrogen) atoms. The zero-order valence-corrected chi connectivity index (χ0v) is 15.4. The van der Waals surface area contributed by atoms with Crippen LogP contribution in [0.1, 0.15) is 38.8 Å². The molecule has 2 unspecified atom stereocenters. The van der Waals surface area contributed by atoms with E-state index >= 15 is 0 Å². The minimum atomic E-state index is 0.210. The van der Waals surface area contributed by atoms with Gasteiger partial charge in [-0.15, -0.1) is 0 Å². The van der Waals surface area contributed by atoms with E-state index in [0.29, 0.717) is 24.2 Å². The van der Waals surface area contributed by atoms with Gasteiger partial charge in [-0.2, -0.15) is 0 Å². The lowest BCUT2D eigenvalue weighted by Gasteiger charge is -2.43. The van der Waals surface area contributed by atoms with Crippen molar-refractivity contribution in [2.45, 2.75) is 39.3 Å². The van der Waals surface area contributed by atoms with Gasteiger partial charge in [-0.3, -0.25) is 4.90 Å². The van der Waals surface area contributed by atoms with Gasteiger partial charge in [0, 0.05) is 38.3 Å². The maximum atomic E-state index is 6.39. The van der Waals surface area contributed by atoms with Crippen LogP contribution in [0.3, 0.4) is 0 Å². The first-order valence-electron chi connectivity index (χ1n) is 8.71. The molecule has 1 heterocycles. The summed E-state index contributed by atoms with van der Waals surface area (Å²) < 4.78 is 5.67. The molecule has 1 aromatic rings. The summed E-state index contributed by atoms with van der Waals surface area (Å²) >= 11 is 6.39. The van der Waals surface area contributed by atoms with Crippen LogP contribution < -0.4 is 10.5 Å². The average Bonchev–Trinajstić information content (AvgIpc) is 2.56. The molecular formula is C18H30ClN3O. The molecule has 130 valence electrons. The number of hydrogen-bond acceptors (Lipinski definition) is 4. The summed E-state index contributed by atoms with van der Waals surface area (Å²) in [6.45, 7) is 12.2. The first-order valence-corrected chi connectivity index (χ1v) is 9.08. The summed E-state index contributed by atoms with van der Waals surface area (Å²) in [4.78, 5) is 4.99. The predicted molar refractivity (Wildman–Crippen MR) is 97.3 cm³/mol. The number of piperazine rings is 1. The fourth-order valence-corrected chi connectivity index (χ4v) is 3.56. The Hall–Kier alpha value is -0.810. The van der Waals surface area contributed by atoms with Crippen molar-refractivity contribution in [1.82, 2.24) is 9.80 Å². The van der Waals surface area contributed by atoms with Crippen molar-refractivity contribution in [1.29, 1.82) is 0 Å². The predicted octanol–water partition coefficient (Wildman–Crippen LogP) is 3.15. The van der Waals surface area contributed by atoms with E-state index in [1.807, 2.05) is 12.1 Å². The third-order valence-electron chi connectivity index (χ3n) is 4.64. The smallest absolute Gasteiger partial charge is 0.137 e. The van der Waals surface area contributed by atoms with Gasteiger partial charge in [0.2, 0.25) is 0 Å². The lowest BCUT2D eigenvalue weighted by molar-refractivity contribution is 0.0536. The van der Waals surface area contributed by atoms with E-state index in [-0.39, 0.29) is 6.04 Å². The number of nitrogens with zero attached hydrogens (tertiary/aromatic N) is 2. The van der Waals surface area contributed by atoms with Crippen LogP contribution in [0, 0.1) is 0 Å². The van der Waals surface area contributed by atoms with Gasteiger partial charge >= 0.3 is 0 Å². The minimum Gasteiger partial charge on any atom is -0.492 e. The molecule has 5 heteroatoms. The Morgan fingerprint density at radius 3 is 2.70 bits per heavy atom. The molecular weight excluding hydrogens is 310 g/mol. The van der Waals surface area contributed by atoms with Crippen molar-refractivity contribution in [2.24, 2.45) is 5.73 Å². The van der Waals surface area contributed by atoms with E-state index < -0.39 is 0 Å². The van der Waals surface area contributed by atoms with E-state index in [0.717, 1.165) is 38.3 Å². The van der Waals surface area contributed by atoms with Crippen LogP contribution in [0.2, 0.25) is 5.02 Å². The largest absolute Gasteiger partial charge is 0.492 e. The monoisotopic (exact) mass is 339 g/mol. The van der Waals surface area contributed by atoms with E-state index in [1.54, 1.807) is 0 Å². The van der Waals surface area contributed by atoms with E-state index in [2.05, 4.69) is 36.6 Å². The highest BCUT2D eigenvalue weighted by Gasteiger charge is 2.29. The number of benzene rings is 1. The Balaban J connectivity index is 2.13. The highest BCUT2D eigenvalue weighted by atomic mass is 35.5. The zero-order chi connectivity index (χ0) is 16.8. The van der Waals surface area contributed by atoms with Crippen LogP contribution in [0.4, 0.5) is 0 Å². The van der Waals surface area contributed by atoms with Gasteiger partial charge in [0.15, 0.2) is 0 Å². The van der Waals surface area contributed by atoms with Crippen LogP contribution in [0.25, 0.3) is 0 Å². The SMILES string of the molecule is CCCOc1ccc(C(CN)N2CCN(CC)CC2C)cc1Cl. The summed E-state index contributed by atoms with van der Waals surface area (Å²) in [5, 5.41) is 0.675. The molecule has 1 aliphatic heterocycles. The molecule has 0 bridgehead atoms. The standard InChI is InChI=1S/C18H30ClN3O/c1-4-10-23-18-7-6-15(11-16(18)19)17(12-20)22-9-8-21(5-2)13-14(22)3/h6-7,11,14,17H,4-5,8-10,12-13,20H2,1-3H3. The van der Waals surface area contributed by atoms with E-state index in [1.165, 1.54) is 5.56 Å². The first-order chi connectivity index (χ1) is 11.1. The third-order valence-corrected chi connectivity index (χ3v) is 4.93. The molecule has 2 N–H and O–H groups in total. The van der Waals surface area contributed by atoms with Crippen molar-refractivity contribution in [3.8, 4) is 5.75 Å². The normalized spacial score (nSPS) is 21.3. The van der Waals surface area contributed by atoms with Crippen molar-refractivity contribution < 1.29 is 4.74 Å². The number of hydrogen-bond donors (Lipinski definition) is 1. The minimum absolute atomic E-state index is 0.210. The van der Waals surface area contributed by atoms with Gasteiger partial charge in [0.25, 0.3) is 0 Å². The Morgan fingerprint density at radius 2 is 2.13 bits per heavy atom. The lowest BCUT2D eigenvalue weighted by Crippen LogP contribution is -2.53. The van der Waals surface area contributed by atoms with Crippen LogP contribution in [0.5, 0.6) is 5.75 Å². The van der Waals surface area contributed by atoms with Gasteiger partial charge < -0.3 is 15.4 Å². The molecule has 1 aliphatic rings. The summed E-state index contributed by atoms with van der Waals surface area (Å²) in [6.07, 6.45) is 0.975. The number of likely N-dealkylation sites (N-methyl/N-ethyl adjacent to an activating group) is 1. The fraction of sp³-hybridized carbons (Fsp3) is 0.667. The molecule has 0 amide bonds. The summed E-state index contributed by atoms with van der Waals surface area (Å²) in [5.41, 5.74) is 7.28. The summed E-state index contributed by atoms with van der Waals surface area (Å²) in [6, 6.07) is 6.80. The number of rotatable bonds is 7. The Kier molecular flexibility index (Phi) is 7.15. The second kappa shape index (κ2) is 8.88. The van der Waals surface area contributed by atoms with Gasteiger partial charge in [0.1, 0.15) is 5.75 Å². The van der Waals surface area contributed by atoms with Crippen molar-refractivity contribution >= 4 is 11.6 Å². The Morgan fingerprint density at radius 1 is 1.35 bits per heavy atom. The molecule has 0 aliphatic carbocycles. The van der Waals surface area contributed by atoms with Crippen LogP contribution in [0.15, 0.2) is 18.2 Å². The van der Waals surface area contributed by atoms with Crippen LogP contribution in [-0.2, 0) is 0 Å². The summed E-state index contributed by atoms with van der Waals surface area (Å²) in [7, 11) is 0. The van der Waals surface area contributed by atoms with Gasteiger partial charge in [-0.25, -0.2) is 0 Å². The molecule has 2 atom stereocenters. The molecule has 0 aromatic heterocycles.